The van der Waals surface area contributed by atoms with Gasteiger partial charge in [-0.3, -0.25) is 4.90 Å². The van der Waals surface area contributed by atoms with Crippen LogP contribution in [0.4, 0.5) is 0 Å². The zero-order valence-electron chi connectivity index (χ0n) is 15.0. The molecule has 2 aliphatic rings. The summed E-state index contributed by atoms with van der Waals surface area (Å²) in [5.41, 5.74) is 2.42. The van der Waals surface area contributed by atoms with Crippen LogP contribution >= 0.6 is 23.2 Å². The normalized spacial score (nSPS) is 22.8. The number of sulfone groups is 1. The number of nitrogens with zero attached hydrogens (tertiary/aromatic N) is 1. The Balaban J connectivity index is 1.71. The molecule has 0 bridgehead atoms. The van der Waals surface area contributed by atoms with Crippen molar-refractivity contribution >= 4 is 33.0 Å². The number of likely N-dealkylation sites (tertiary alicyclic amines) is 1. The van der Waals surface area contributed by atoms with Crippen molar-refractivity contribution in [1.29, 1.82) is 0 Å². The first kappa shape index (κ1) is 19.1. The van der Waals surface area contributed by atoms with Gasteiger partial charge in [-0.05, 0) is 55.6 Å². The molecular formula is C20H21Cl2NO3S. The molecule has 0 spiro atoms. The van der Waals surface area contributed by atoms with Crippen molar-refractivity contribution in [2.24, 2.45) is 0 Å². The molecule has 1 fully saturated rings. The topological polar surface area (TPSA) is 46.6 Å². The number of halogens is 2. The van der Waals surface area contributed by atoms with Crippen LogP contribution in [0, 0.1) is 0 Å². The summed E-state index contributed by atoms with van der Waals surface area (Å²) in [6.45, 7) is 2.12. The van der Waals surface area contributed by atoms with E-state index in [1.165, 1.54) is 30.5 Å². The van der Waals surface area contributed by atoms with Crippen molar-refractivity contribution in [3.63, 3.8) is 0 Å². The Bertz CT molecular complexity index is 948. The molecule has 1 aliphatic carbocycles. The summed E-state index contributed by atoms with van der Waals surface area (Å²) in [5.74, 6) is 0.344. The predicted molar refractivity (Wildman–Crippen MR) is 108 cm³/mol. The molecule has 0 N–H and O–H groups in total. The third-order valence-corrected chi connectivity index (χ3v) is 7.05. The molecule has 0 saturated carbocycles. The van der Waals surface area contributed by atoms with Crippen molar-refractivity contribution < 1.29 is 13.2 Å². The maximum Gasteiger partial charge on any atom is 0.175 e. The largest absolute Gasteiger partial charge is 0.481 e. The zero-order valence-corrected chi connectivity index (χ0v) is 17.3. The molecule has 2 atom stereocenters. The van der Waals surface area contributed by atoms with E-state index in [4.69, 9.17) is 27.9 Å². The molecule has 1 aliphatic heterocycles. The standard InChI is InChI=1S/C20H21Cl2NO3S/c1-27(24,25)14-11-16(21)20(17(22)12-14)26-19-15-7-3-2-6-13(15)10-18(19)23-8-4-5-9-23/h2-3,6-7,11-12,18-19H,4-5,8-10H2,1H3. The second-order valence-electron chi connectivity index (χ2n) is 7.24. The maximum atomic E-state index is 11.8. The van der Waals surface area contributed by atoms with Crippen molar-refractivity contribution in [2.45, 2.75) is 36.3 Å². The first-order valence-electron chi connectivity index (χ1n) is 9.02. The summed E-state index contributed by atoms with van der Waals surface area (Å²) in [6.07, 6.45) is 4.27. The van der Waals surface area contributed by atoms with Crippen molar-refractivity contribution in [2.75, 3.05) is 19.3 Å². The molecular weight excluding hydrogens is 405 g/mol. The molecule has 7 heteroatoms. The molecule has 0 amide bonds. The average Bonchev–Trinajstić information content (AvgIpc) is 3.25. The summed E-state index contributed by atoms with van der Waals surface area (Å²) < 4.78 is 30.0. The van der Waals surface area contributed by atoms with Gasteiger partial charge in [0.05, 0.1) is 21.0 Å². The number of benzene rings is 2. The van der Waals surface area contributed by atoms with Crippen molar-refractivity contribution in [3.05, 3.63) is 57.6 Å². The zero-order chi connectivity index (χ0) is 19.2. The lowest BCUT2D eigenvalue weighted by atomic mass is 10.1. The Kier molecular flexibility index (Phi) is 5.14. The van der Waals surface area contributed by atoms with Gasteiger partial charge in [-0.2, -0.15) is 0 Å². The van der Waals surface area contributed by atoms with E-state index in [2.05, 4.69) is 17.0 Å². The smallest absolute Gasteiger partial charge is 0.175 e. The fourth-order valence-corrected chi connectivity index (χ4v) is 5.43. The average molecular weight is 426 g/mol. The van der Waals surface area contributed by atoms with Gasteiger partial charge in [-0.25, -0.2) is 8.42 Å². The van der Waals surface area contributed by atoms with Crippen LogP contribution in [0.15, 0.2) is 41.3 Å². The number of hydrogen-bond donors (Lipinski definition) is 0. The molecule has 27 heavy (non-hydrogen) atoms. The first-order valence-corrected chi connectivity index (χ1v) is 11.7. The molecule has 0 radical (unpaired) electrons. The van der Waals surface area contributed by atoms with Crippen LogP contribution in [-0.4, -0.2) is 38.7 Å². The van der Waals surface area contributed by atoms with E-state index in [-0.39, 0.29) is 27.1 Å². The Hall–Kier alpha value is -1.27. The van der Waals surface area contributed by atoms with E-state index in [0.29, 0.717) is 5.75 Å². The van der Waals surface area contributed by atoms with Crippen molar-refractivity contribution in [1.82, 2.24) is 4.90 Å². The second-order valence-corrected chi connectivity index (χ2v) is 10.1. The van der Waals surface area contributed by atoms with Crippen LogP contribution < -0.4 is 4.74 Å². The third kappa shape index (κ3) is 3.70. The highest BCUT2D eigenvalue weighted by atomic mass is 35.5. The van der Waals surface area contributed by atoms with Gasteiger partial charge in [0.2, 0.25) is 0 Å². The van der Waals surface area contributed by atoms with E-state index < -0.39 is 9.84 Å². The Labute approximate surface area is 170 Å². The van der Waals surface area contributed by atoms with Gasteiger partial charge in [-0.1, -0.05) is 47.5 Å². The predicted octanol–water partition coefficient (Wildman–Crippen LogP) is 4.54. The number of ether oxygens (including phenoxy) is 1. The van der Waals surface area contributed by atoms with Crippen LogP contribution in [0.3, 0.4) is 0 Å². The minimum atomic E-state index is -3.40. The van der Waals surface area contributed by atoms with Gasteiger partial charge < -0.3 is 4.74 Å². The molecule has 2 aromatic rings. The Morgan fingerprint density at radius 2 is 1.70 bits per heavy atom. The molecule has 2 unspecified atom stereocenters. The molecule has 1 saturated heterocycles. The highest BCUT2D eigenvalue weighted by Gasteiger charge is 2.39. The highest BCUT2D eigenvalue weighted by Crippen LogP contribution is 2.43. The van der Waals surface area contributed by atoms with Gasteiger partial charge in [0.1, 0.15) is 6.10 Å². The van der Waals surface area contributed by atoms with Crippen molar-refractivity contribution in [3.8, 4) is 5.75 Å². The minimum Gasteiger partial charge on any atom is -0.481 e. The van der Waals surface area contributed by atoms with E-state index in [1.54, 1.807) is 0 Å². The fourth-order valence-electron chi connectivity index (χ4n) is 4.06. The Morgan fingerprint density at radius 1 is 1.07 bits per heavy atom. The first-order chi connectivity index (χ1) is 12.8. The van der Waals surface area contributed by atoms with E-state index >= 15 is 0 Å². The monoisotopic (exact) mass is 425 g/mol. The molecule has 144 valence electrons. The van der Waals surface area contributed by atoms with E-state index in [1.807, 2.05) is 12.1 Å². The van der Waals surface area contributed by atoms with E-state index in [0.717, 1.165) is 31.3 Å². The summed E-state index contributed by atoms with van der Waals surface area (Å²) in [6, 6.07) is 11.3. The van der Waals surface area contributed by atoms with Crippen LogP contribution in [-0.2, 0) is 16.3 Å². The lowest BCUT2D eigenvalue weighted by Crippen LogP contribution is -2.38. The molecule has 0 aromatic heterocycles. The Morgan fingerprint density at radius 3 is 2.33 bits per heavy atom. The summed E-state index contributed by atoms with van der Waals surface area (Å²) >= 11 is 12.7. The quantitative estimate of drug-likeness (QED) is 0.721. The second kappa shape index (κ2) is 7.28. The summed E-state index contributed by atoms with van der Waals surface area (Å²) in [7, 11) is -3.40. The maximum absolute atomic E-state index is 11.8. The number of rotatable bonds is 4. The fraction of sp³-hybridized carbons (Fsp3) is 0.400. The molecule has 2 aromatic carbocycles. The van der Waals surface area contributed by atoms with Crippen LogP contribution in [0.5, 0.6) is 5.75 Å². The minimum absolute atomic E-state index is 0.0905. The molecule has 1 heterocycles. The van der Waals surface area contributed by atoms with Gasteiger partial charge >= 0.3 is 0 Å². The summed E-state index contributed by atoms with van der Waals surface area (Å²) in [5, 5.41) is 0.431. The van der Waals surface area contributed by atoms with Gasteiger partial charge in [0.25, 0.3) is 0 Å². The van der Waals surface area contributed by atoms with Gasteiger partial charge in [0.15, 0.2) is 15.6 Å². The number of hydrogen-bond acceptors (Lipinski definition) is 4. The van der Waals surface area contributed by atoms with Crippen LogP contribution in [0.2, 0.25) is 10.0 Å². The highest BCUT2D eigenvalue weighted by molar-refractivity contribution is 7.90. The summed E-state index contributed by atoms with van der Waals surface area (Å²) in [4.78, 5) is 2.56. The van der Waals surface area contributed by atoms with Crippen LogP contribution in [0.1, 0.15) is 30.1 Å². The lowest BCUT2D eigenvalue weighted by molar-refractivity contribution is 0.0942. The van der Waals surface area contributed by atoms with Gasteiger partial charge in [0, 0.05) is 6.26 Å². The number of fused-ring (bicyclic) bond motifs is 1. The lowest BCUT2D eigenvalue weighted by Gasteiger charge is -2.30. The molecule has 4 rings (SSSR count). The van der Waals surface area contributed by atoms with Crippen LogP contribution in [0.25, 0.3) is 0 Å². The van der Waals surface area contributed by atoms with Gasteiger partial charge in [-0.15, -0.1) is 0 Å². The third-order valence-electron chi connectivity index (χ3n) is 5.39. The molecule has 4 nitrogen and oxygen atoms in total. The van der Waals surface area contributed by atoms with E-state index in [9.17, 15) is 8.42 Å². The SMILES string of the molecule is CS(=O)(=O)c1cc(Cl)c(OC2c3ccccc3CC2N2CCCC2)c(Cl)c1.